The van der Waals surface area contributed by atoms with Crippen molar-refractivity contribution >= 4 is 35.7 Å². The molecule has 3 aliphatic rings. The summed E-state index contributed by atoms with van der Waals surface area (Å²) in [5.74, 6) is 0.168. The van der Waals surface area contributed by atoms with Crippen LogP contribution in [0.3, 0.4) is 0 Å². The van der Waals surface area contributed by atoms with Gasteiger partial charge in [-0.3, -0.25) is 5.32 Å². The Balaban J connectivity index is 0.00000182. The molecule has 1 aromatic carbocycles. The molecular formula is C17H19ClFN3O2S. The van der Waals surface area contributed by atoms with E-state index in [0.29, 0.717) is 5.82 Å². The van der Waals surface area contributed by atoms with Crippen molar-refractivity contribution in [1.82, 2.24) is 9.88 Å². The van der Waals surface area contributed by atoms with Crippen LogP contribution in [0.15, 0.2) is 29.8 Å². The number of ether oxygens (including phenoxy) is 1. The highest BCUT2D eigenvalue weighted by molar-refractivity contribution is 7.13. The smallest absolute Gasteiger partial charge is 0.413 e. The minimum absolute atomic E-state index is 0. The van der Waals surface area contributed by atoms with Crippen LogP contribution in [0, 0.1) is 5.82 Å². The van der Waals surface area contributed by atoms with Crippen molar-refractivity contribution in [2.24, 2.45) is 0 Å². The summed E-state index contributed by atoms with van der Waals surface area (Å²) in [5.41, 5.74) is 2.15. The topological polar surface area (TPSA) is 54.5 Å². The van der Waals surface area contributed by atoms with E-state index in [0.717, 1.165) is 49.3 Å². The third-order valence-corrected chi connectivity index (χ3v) is 5.73. The monoisotopic (exact) mass is 383 g/mol. The van der Waals surface area contributed by atoms with Gasteiger partial charge in [0.25, 0.3) is 0 Å². The van der Waals surface area contributed by atoms with Gasteiger partial charge in [-0.2, -0.15) is 0 Å². The van der Waals surface area contributed by atoms with Crippen molar-refractivity contribution in [2.45, 2.75) is 24.9 Å². The molecule has 2 aromatic rings. The Labute approximate surface area is 155 Å². The molecule has 3 aliphatic heterocycles. The fraction of sp³-hybridized carbons (Fsp3) is 0.412. The largest absolute Gasteiger partial charge is 0.443 e. The highest BCUT2D eigenvalue weighted by Gasteiger charge is 2.42. The van der Waals surface area contributed by atoms with Crippen LogP contribution in [-0.4, -0.2) is 41.2 Å². The molecule has 5 rings (SSSR count). The van der Waals surface area contributed by atoms with Crippen molar-refractivity contribution in [3.05, 3.63) is 35.6 Å². The molecule has 0 unspecified atom stereocenters. The van der Waals surface area contributed by atoms with Crippen molar-refractivity contribution in [2.75, 3.05) is 25.0 Å². The van der Waals surface area contributed by atoms with Crippen LogP contribution < -0.4 is 5.32 Å². The molecule has 0 radical (unpaired) electrons. The van der Waals surface area contributed by atoms with Gasteiger partial charge in [-0.05, 0) is 17.7 Å². The van der Waals surface area contributed by atoms with Crippen molar-refractivity contribution in [3.63, 3.8) is 0 Å². The first kappa shape index (κ1) is 18.1. The maximum Gasteiger partial charge on any atom is 0.413 e. The minimum atomic E-state index is -0.459. The zero-order valence-electron chi connectivity index (χ0n) is 13.5. The SMILES string of the molecule is Cl.O=C(Nc1ncsc1-c1ccc(F)cc1)OC12CCN(CC1)CC2. The normalized spacial score (nSPS) is 24.4. The first-order chi connectivity index (χ1) is 11.6. The molecule has 1 amide bonds. The fourth-order valence-electron chi connectivity index (χ4n) is 3.41. The van der Waals surface area contributed by atoms with Crippen LogP contribution in [0.4, 0.5) is 15.0 Å². The van der Waals surface area contributed by atoms with Crippen LogP contribution in [0.5, 0.6) is 0 Å². The average molecular weight is 384 g/mol. The Morgan fingerprint density at radius 2 is 1.84 bits per heavy atom. The highest BCUT2D eigenvalue weighted by atomic mass is 35.5. The second kappa shape index (κ2) is 7.27. The number of benzene rings is 1. The number of halogens is 2. The summed E-state index contributed by atoms with van der Waals surface area (Å²) in [4.78, 5) is 19.8. The van der Waals surface area contributed by atoms with Gasteiger partial charge in [0.2, 0.25) is 0 Å². The Hall–Kier alpha value is -1.70. The second-order valence-corrected chi connectivity index (χ2v) is 7.18. The number of hydrogen-bond donors (Lipinski definition) is 1. The summed E-state index contributed by atoms with van der Waals surface area (Å²) in [5, 5.41) is 2.76. The summed E-state index contributed by atoms with van der Waals surface area (Å²) in [6, 6.07) is 6.14. The molecule has 4 heterocycles. The summed E-state index contributed by atoms with van der Waals surface area (Å²) < 4.78 is 18.9. The van der Waals surface area contributed by atoms with E-state index >= 15 is 0 Å². The van der Waals surface area contributed by atoms with Crippen molar-refractivity contribution < 1.29 is 13.9 Å². The Kier molecular flexibility index (Phi) is 5.27. The van der Waals surface area contributed by atoms with Gasteiger partial charge in [0.05, 0.1) is 10.4 Å². The molecule has 3 saturated heterocycles. The van der Waals surface area contributed by atoms with Gasteiger partial charge < -0.3 is 9.64 Å². The van der Waals surface area contributed by atoms with Gasteiger partial charge in [-0.1, -0.05) is 12.1 Å². The minimum Gasteiger partial charge on any atom is -0.443 e. The van der Waals surface area contributed by atoms with Crippen LogP contribution in [-0.2, 0) is 4.74 Å². The van der Waals surface area contributed by atoms with E-state index in [-0.39, 0.29) is 23.8 Å². The van der Waals surface area contributed by atoms with E-state index in [2.05, 4.69) is 15.2 Å². The van der Waals surface area contributed by atoms with E-state index < -0.39 is 6.09 Å². The predicted octanol–water partition coefficient (Wildman–Crippen LogP) is 4.16. The number of fused-ring (bicyclic) bond motifs is 3. The molecule has 0 aliphatic carbocycles. The molecule has 3 fully saturated rings. The van der Waals surface area contributed by atoms with Gasteiger partial charge in [0.1, 0.15) is 11.4 Å². The second-order valence-electron chi connectivity index (χ2n) is 6.33. The molecule has 5 nitrogen and oxygen atoms in total. The summed E-state index contributed by atoms with van der Waals surface area (Å²) in [6.07, 6.45) is 2.21. The average Bonchev–Trinajstić information content (AvgIpc) is 3.04. The van der Waals surface area contributed by atoms with E-state index in [1.165, 1.54) is 23.5 Å². The number of anilines is 1. The molecule has 0 saturated carbocycles. The molecule has 8 heteroatoms. The fourth-order valence-corrected chi connectivity index (χ4v) is 4.16. The number of carbonyl (C=O) groups excluding carboxylic acids is 1. The van der Waals surface area contributed by atoms with E-state index in [4.69, 9.17) is 4.74 Å². The highest BCUT2D eigenvalue weighted by Crippen LogP contribution is 2.36. The summed E-state index contributed by atoms with van der Waals surface area (Å²) in [7, 11) is 0. The summed E-state index contributed by atoms with van der Waals surface area (Å²) in [6.45, 7) is 2.97. The first-order valence-corrected chi connectivity index (χ1v) is 8.93. The molecule has 134 valence electrons. The Morgan fingerprint density at radius 3 is 2.48 bits per heavy atom. The van der Waals surface area contributed by atoms with Crippen molar-refractivity contribution in [1.29, 1.82) is 0 Å². The lowest BCUT2D eigenvalue weighted by Gasteiger charge is -2.47. The van der Waals surface area contributed by atoms with Crippen molar-refractivity contribution in [3.8, 4) is 10.4 Å². The van der Waals surface area contributed by atoms with Crippen LogP contribution in [0.2, 0.25) is 0 Å². The Morgan fingerprint density at radius 1 is 1.20 bits per heavy atom. The molecule has 2 bridgehead atoms. The van der Waals surface area contributed by atoms with E-state index in [1.54, 1.807) is 17.6 Å². The van der Waals surface area contributed by atoms with Crippen LogP contribution in [0.25, 0.3) is 10.4 Å². The molecule has 1 N–H and O–H groups in total. The number of nitrogens with zero attached hydrogens (tertiary/aromatic N) is 2. The lowest BCUT2D eigenvalue weighted by atomic mass is 9.83. The number of rotatable bonds is 3. The predicted molar refractivity (Wildman–Crippen MR) is 97.9 cm³/mol. The zero-order chi connectivity index (χ0) is 16.6. The maximum atomic E-state index is 13.1. The molecular weight excluding hydrogens is 365 g/mol. The number of aromatic nitrogens is 1. The first-order valence-electron chi connectivity index (χ1n) is 8.05. The number of carbonyl (C=O) groups is 1. The number of hydrogen-bond acceptors (Lipinski definition) is 5. The van der Waals surface area contributed by atoms with Crippen LogP contribution >= 0.6 is 23.7 Å². The van der Waals surface area contributed by atoms with Gasteiger partial charge in [-0.25, -0.2) is 14.2 Å². The lowest BCUT2D eigenvalue weighted by molar-refractivity contribution is -0.0742. The van der Waals surface area contributed by atoms with Gasteiger partial charge >= 0.3 is 6.09 Å². The quantitative estimate of drug-likeness (QED) is 0.864. The van der Waals surface area contributed by atoms with Gasteiger partial charge in [0, 0.05) is 38.9 Å². The van der Waals surface area contributed by atoms with Crippen LogP contribution in [0.1, 0.15) is 19.3 Å². The lowest BCUT2D eigenvalue weighted by Crippen LogP contribution is -2.54. The third kappa shape index (κ3) is 3.78. The number of amides is 1. The van der Waals surface area contributed by atoms with E-state index in [9.17, 15) is 9.18 Å². The molecule has 0 spiro atoms. The summed E-state index contributed by atoms with van der Waals surface area (Å²) >= 11 is 1.40. The zero-order valence-corrected chi connectivity index (χ0v) is 15.2. The standard InChI is InChI=1S/C17H18FN3O2S.ClH/c18-13-3-1-12(2-4-13)14-15(19-11-24-14)20-16(22)23-17-5-8-21(9-6-17)10-7-17;/h1-4,11H,5-10H2,(H,20,22);1H. The molecule has 0 atom stereocenters. The maximum absolute atomic E-state index is 13.1. The number of thiazole rings is 1. The van der Waals surface area contributed by atoms with E-state index in [1.807, 2.05) is 0 Å². The van der Waals surface area contributed by atoms with Gasteiger partial charge in [-0.15, -0.1) is 23.7 Å². The third-order valence-electron chi connectivity index (χ3n) is 4.85. The molecule has 25 heavy (non-hydrogen) atoms. The molecule has 1 aromatic heterocycles. The van der Waals surface area contributed by atoms with Gasteiger partial charge in [0.15, 0.2) is 5.82 Å². The number of piperidine rings is 3. The number of nitrogens with one attached hydrogen (secondary N) is 1. The Bertz CT molecular complexity index is 731.